The van der Waals surface area contributed by atoms with Crippen molar-refractivity contribution in [2.45, 2.75) is 12.8 Å². The maximum absolute atomic E-state index is 11.2. The highest BCUT2D eigenvalue weighted by atomic mass is 16.5. The Labute approximate surface area is 89.4 Å². The Morgan fingerprint density at radius 1 is 1.40 bits per heavy atom. The molecule has 78 valence electrons. The molecule has 0 saturated heterocycles. The quantitative estimate of drug-likeness (QED) is 0.603. The molecule has 3 nitrogen and oxygen atoms in total. The molecule has 1 amide bonds. The summed E-state index contributed by atoms with van der Waals surface area (Å²) < 4.78 is 4.90. The van der Waals surface area contributed by atoms with Crippen molar-refractivity contribution in [1.29, 1.82) is 0 Å². The summed E-state index contributed by atoms with van der Waals surface area (Å²) in [4.78, 5) is 11.2. The molecule has 0 unspecified atom stereocenters. The second kappa shape index (κ2) is 6.50. The molecule has 0 atom stereocenters. The summed E-state index contributed by atoms with van der Waals surface area (Å²) in [5.74, 6) is 2.48. The second-order valence-corrected chi connectivity index (χ2v) is 2.93. The fourth-order valence-electron chi connectivity index (χ4n) is 1.01. The van der Waals surface area contributed by atoms with Gasteiger partial charge in [-0.25, -0.2) is 4.79 Å². The molecule has 0 heterocycles. The van der Waals surface area contributed by atoms with E-state index >= 15 is 0 Å². The SMILES string of the molecule is C#CCCCOC(=O)Nc1ccccc1. The van der Waals surface area contributed by atoms with Gasteiger partial charge in [-0.15, -0.1) is 12.3 Å². The molecule has 0 aromatic heterocycles. The summed E-state index contributed by atoms with van der Waals surface area (Å²) in [5, 5.41) is 2.61. The predicted octanol–water partition coefficient (Wildman–Crippen LogP) is 2.65. The third-order valence-corrected chi connectivity index (χ3v) is 1.72. The van der Waals surface area contributed by atoms with Gasteiger partial charge in [0.2, 0.25) is 0 Å². The Balaban J connectivity index is 2.22. The predicted molar refractivity (Wildman–Crippen MR) is 59.5 cm³/mol. The highest BCUT2D eigenvalue weighted by Crippen LogP contribution is 2.05. The zero-order valence-electron chi connectivity index (χ0n) is 8.40. The molecule has 0 bridgehead atoms. The van der Waals surface area contributed by atoms with Crippen molar-refractivity contribution < 1.29 is 9.53 Å². The van der Waals surface area contributed by atoms with Crippen molar-refractivity contribution in [2.75, 3.05) is 11.9 Å². The van der Waals surface area contributed by atoms with E-state index < -0.39 is 6.09 Å². The number of para-hydroxylation sites is 1. The Morgan fingerprint density at radius 3 is 2.80 bits per heavy atom. The average Bonchev–Trinajstić information content (AvgIpc) is 2.26. The lowest BCUT2D eigenvalue weighted by molar-refractivity contribution is 0.160. The lowest BCUT2D eigenvalue weighted by Crippen LogP contribution is -2.14. The van der Waals surface area contributed by atoms with E-state index in [1.54, 1.807) is 12.1 Å². The van der Waals surface area contributed by atoms with Crippen LogP contribution in [0.2, 0.25) is 0 Å². The van der Waals surface area contributed by atoms with Crippen molar-refractivity contribution >= 4 is 11.8 Å². The molecular formula is C12H13NO2. The Morgan fingerprint density at radius 2 is 2.13 bits per heavy atom. The second-order valence-electron chi connectivity index (χ2n) is 2.93. The summed E-state index contributed by atoms with van der Waals surface area (Å²) >= 11 is 0. The number of benzene rings is 1. The molecule has 1 aromatic carbocycles. The summed E-state index contributed by atoms with van der Waals surface area (Å²) in [6.07, 6.45) is 5.93. The highest BCUT2D eigenvalue weighted by Gasteiger charge is 2.00. The van der Waals surface area contributed by atoms with Crippen LogP contribution < -0.4 is 5.32 Å². The Hall–Kier alpha value is -1.95. The average molecular weight is 203 g/mol. The summed E-state index contributed by atoms with van der Waals surface area (Å²) in [5.41, 5.74) is 0.722. The number of carbonyl (C=O) groups excluding carboxylic acids is 1. The molecule has 1 N–H and O–H groups in total. The van der Waals surface area contributed by atoms with Gasteiger partial charge in [0.05, 0.1) is 6.61 Å². The van der Waals surface area contributed by atoms with E-state index in [9.17, 15) is 4.79 Å². The van der Waals surface area contributed by atoms with E-state index in [1.807, 2.05) is 18.2 Å². The number of hydrogen-bond acceptors (Lipinski definition) is 2. The van der Waals surface area contributed by atoms with Gasteiger partial charge in [0.25, 0.3) is 0 Å². The standard InChI is InChI=1S/C12H13NO2/c1-2-3-7-10-15-12(14)13-11-8-5-4-6-9-11/h1,4-6,8-9H,3,7,10H2,(H,13,14). The van der Waals surface area contributed by atoms with Crippen molar-refractivity contribution in [3.8, 4) is 12.3 Å². The number of amides is 1. The lowest BCUT2D eigenvalue weighted by Gasteiger charge is -2.05. The molecule has 0 aliphatic carbocycles. The summed E-state index contributed by atoms with van der Waals surface area (Å²) in [7, 11) is 0. The monoisotopic (exact) mass is 203 g/mol. The third kappa shape index (κ3) is 4.72. The van der Waals surface area contributed by atoms with Gasteiger partial charge in [0.1, 0.15) is 0 Å². The fraction of sp³-hybridized carbons (Fsp3) is 0.250. The number of hydrogen-bond donors (Lipinski definition) is 1. The number of nitrogens with one attached hydrogen (secondary N) is 1. The molecular weight excluding hydrogens is 190 g/mol. The number of ether oxygens (including phenoxy) is 1. The van der Waals surface area contributed by atoms with Crippen molar-refractivity contribution in [1.82, 2.24) is 0 Å². The first-order valence-corrected chi connectivity index (χ1v) is 4.75. The smallest absolute Gasteiger partial charge is 0.411 e. The van der Waals surface area contributed by atoms with Crippen LogP contribution in [0.25, 0.3) is 0 Å². The molecule has 0 spiro atoms. The van der Waals surface area contributed by atoms with Gasteiger partial charge in [0.15, 0.2) is 0 Å². The van der Waals surface area contributed by atoms with E-state index in [0.717, 1.165) is 5.69 Å². The van der Waals surface area contributed by atoms with Crippen LogP contribution in [-0.4, -0.2) is 12.7 Å². The van der Waals surface area contributed by atoms with Crippen LogP contribution in [0.1, 0.15) is 12.8 Å². The number of unbranched alkanes of at least 4 members (excludes halogenated alkanes) is 1. The molecule has 1 rings (SSSR count). The van der Waals surface area contributed by atoms with Crippen LogP contribution in [0.15, 0.2) is 30.3 Å². The maximum atomic E-state index is 11.2. The van der Waals surface area contributed by atoms with Crippen LogP contribution in [0, 0.1) is 12.3 Å². The van der Waals surface area contributed by atoms with Crippen LogP contribution >= 0.6 is 0 Å². The molecule has 0 fully saturated rings. The third-order valence-electron chi connectivity index (χ3n) is 1.72. The van der Waals surface area contributed by atoms with E-state index in [-0.39, 0.29) is 0 Å². The molecule has 0 aliphatic heterocycles. The number of carbonyl (C=O) groups is 1. The first-order chi connectivity index (χ1) is 7.33. The van der Waals surface area contributed by atoms with Gasteiger partial charge in [0, 0.05) is 12.1 Å². The van der Waals surface area contributed by atoms with E-state index in [1.165, 1.54) is 0 Å². The van der Waals surface area contributed by atoms with Gasteiger partial charge in [-0.05, 0) is 18.6 Å². The minimum Gasteiger partial charge on any atom is -0.449 e. The van der Waals surface area contributed by atoms with Gasteiger partial charge in [-0.1, -0.05) is 18.2 Å². The maximum Gasteiger partial charge on any atom is 0.411 e. The van der Waals surface area contributed by atoms with Crippen LogP contribution in [0.5, 0.6) is 0 Å². The molecule has 0 radical (unpaired) electrons. The lowest BCUT2D eigenvalue weighted by atomic mass is 10.3. The van der Waals surface area contributed by atoms with Gasteiger partial charge >= 0.3 is 6.09 Å². The van der Waals surface area contributed by atoms with Crippen LogP contribution in [0.3, 0.4) is 0 Å². The first kappa shape index (κ1) is 11.1. The normalized spacial score (nSPS) is 9.00. The summed E-state index contributed by atoms with van der Waals surface area (Å²) in [6, 6.07) is 9.15. The van der Waals surface area contributed by atoms with Crippen LogP contribution in [0.4, 0.5) is 10.5 Å². The molecule has 3 heteroatoms. The topological polar surface area (TPSA) is 38.3 Å². The molecule has 1 aromatic rings. The first-order valence-electron chi connectivity index (χ1n) is 4.75. The van der Waals surface area contributed by atoms with Gasteiger partial charge in [-0.3, -0.25) is 5.32 Å². The summed E-state index contributed by atoms with van der Waals surface area (Å²) in [6.45, 7) is 0.350. The zero-order chi connectivity index (χ0) is 10.9. The van der Waals surface area contributed by atoms with Crippen molar-refractivity contribution in [3.05, 3.63) is 30.3 Å². The largest absolute Gasteiger partial charge is 0.449 e. The molecule has 15 heavy (non-hydrogen) atoms. The van der Waals surface area contributed by atoms with Gasteiger partial charge in [-0.2, -0.15) is 0 Å². The molecule has 0 aliphatic rings. The van der Waals surface area contributed by atoms with E-state index in [0.29, 0.717) is 19.4 Å². The van der Waals surface area contributed by atoms with Crippen molar-refractivity contribution in [3.63, 3.8) is 0 Å². The van der Waals surface area contributed by atoms with E-state index in [2.05, 4.69) is 11.2 Å². The zero-order valence-corrected chi connectivity index (χ0v) is 8.40. The van der Waals surface area contributed by atoms with Gasteiger partial charge < -0.3 is 4.74 Å². The van der Waals surface area contributed by atoms with Crippen LogP contribution in [-0.2, 0) is 4.74 Å². The minimum absolute atomic E-state index is 0.350. The fourth-order valence-corrected chi connectivity index (χ4v) is 1.01. The highest BCUT2D eigenvalue weighted by molar-refractivity contribution is 5.84. The molecule has 0 saturated carbocycles. The number of anilines is 1. The minimum atomic E-state index is -0.446. The number of terminal acetylenes is 1. The van der Waals surface area contributed by atoms with Crippen molar-refractivity contribution in [2.24, 2.45) is 0 Å². The Kier molecular flexibility index (Phi) is 4.82. The van der Waals surface area contributed by atoms with E-state index in [4.69, 9.17) is 11.2 Å². The Bertz CT molecular complexity index is 340. The number of rotatable bonds is 4.